The zero-order valence-corrected chi connectivity index (χ0v) is 23.1. The minimum Gasteiger partial charge on any atom is -0.378 e. The summed E-state index contributed by atoms with van der Waals surface area (Å²) in [6, 6.07) is 4.49. The molecule has 2 N–H and O–H groups in total. The monoisotopic (exact) mass is 568 g/mol. The number of halogens is 1. The SMILES string of the molecule is C=P(=O)c1ccc(Nc2nc(NCc3cnc(N4CCOCC4)s3)ncc2Cl)c(S(=O)(=O)C(C)C)c1. The summed E-state index contributed by atoms with van der Waals surface area (Å²) in [4.78, 5) is 16.4. The molecule has 0 saturated carbocycles. The lowest BCUT2D eigenvalue weighted by molar-refractivity contribution is 0.122. The largest absolute Gasteiger partial charge is 0.378 e. The van der Waals surface area contributed by atoms with Crippen LogP contribution in [0.4, 0.5) is 22.6 Å². The van der Waals surface area contributed by atoms with Crippen LogP contribution in [0.1, 0.15) is 18.7 Å². The lowest BCUT2D eigenvalue weighted by Crippen LogP contribution is -2.36. The van der Waals surface area contributed by atoms with Crippen LogP contribution in [-0.2, 0) is 25.7 Å². The first-order chi connectivity index (χ1) is 17.1. The predicted octanol–water partition coefficient (Wildman–Crippen LogP) is 3.85. The topological polar surface area (TPSA) is 126 Å². The van der Waals surface area contributed by atoms with Gasteiger partial charge in [-0.1, -0.05) is 11.6 Å². The van der Waals surface area contributed by atoms with E-state index in [1.54, 1.807) is 37.3 Å². The van der Waals surface area contributed by atoms with E-state index in [1.807, 2.05) is 6.20 Å². The maximum Gasteiger partial charge on any atom is 0.225 e. The molecule has 1 atom stereocenters. The van der Waals surface area contributed by atoms with Crippen LogP contribution in [0.5, 0.6) is 0 Å². The first-order valence-electron chi connectivity index (χ1n) is 11.1. The average molecular weight is 569 g/mol. The molecule has 0 bridgehead atoms. The average Bonchev–Trinajstić information content (AvgIpc) is 3.34. The van der Waals surface area contributed by atoms with Crippen molar-refractivity contribution < 1.29 is 17.7 Å². The third kappa shape index (κ3) is 6.07. The smallest absolute Gasteiger partial charge is 0.225 e. The van der Waals surface area contributed by atoms with Crippen LogP contribution in [0.2, 0.25) is 5.02 Å². The molecule has 0 radical (unpaired) electrons. The van der Waals surface area contributed by atoms with Gasteiger partial charge in [-0.3, -0.25) is 4.57 Å². The van der Waals surface area contributed by atoms with E-state index in [0.29, 0.717) is 31.0 Å². The summed E-state index contributed by atoms with van der Waals surface area (Å²) in [5.74, 6) is 0.549. The van der Waals surface area contributed by atoms with E-state index >= 15 is 0 Å². The fourth-order valence-corrected chi connectivity index (χ4v) is 6.24. The Morgan fingerprint density at radius 2 is 2.00 bits per heavy atom. The van der Waals surface area contributed by atoms with Gasteiger partial charge in [0.15, 0.2) is 20.8 Å². The molecule has 1 saturated heterocycles. The Bertz CT molecular complexity index is 1410. The van der Waals surface area contributed by atoms with E-state index in [9.17, 15) is 13.0 Å². The molecule has 36 heavy (non-hydrogen) atoms. The third-order valence-electron chi connectivity index (χ3n) is 5.42. The highest BCUT2D eigenvalue weighted by Crippen LogP contribution is 2.31. The predicted molar refractivity (Wildman–Crippen MR) is 146 cm³/mol. The lowest BCUT2D eigenvalue weighted by Gasteiger charge is -2.25. The van der Waals surface area contributed by atoms with Gasteiger partial charge in [-0.05, 0) is 38.3 Å². The lowest BCUT2D eigenvalue weighted by atomic mass is 10.3. The number of morpholine rings is 1. The Kier molecular flexibility index (Phi) is 8.31. The van der Waals surface area contributed by atoms with Crippen LogP contribution < -0.4 is 20.8 Å². The van der Waals surface area contributed by atoms with E-state index in [-0.39, 0.29) is 21.4 Å². The molecule has 0 aliphatic carbocycles. The molecule has 192 valence electrons. The van der Waals surface area contributed by atoms with Gasteiger partial charge in [0.25, 0.3) is 0 Å². The van der Waals surface area contributed by atoms with Crippen molar-refractivity contribution in [2.45, 2.75) is 30.5 Å². The summed E-state index contributed by atoms with van der Waals surface area (Å²) in [5, 5.41) is 6.98. The van der Waals surface area contributed by atoms with Crippen LogP contribution in [0.25, 0.3) is 0 Å². The van der Waals surface area contributed by atoms with Crippen molar-refractivity contribution >= 4 is 74.4 Å². The molecular formula is C22H26ClN6O4PS2. The number of ether oxygens (including phenoxy) is 1. The van der Waals surface area contributed by atoms with Crippen molar-refractivity contribution in [1.29, 1.82) is 0 Å². The highest BCUT2D eigenvalue weighted by atomic mass is 35.5. The second-order valence-corrected chi connectivity index (χ2v) is 13.5. The van der Waals surface area contributed by atoms with Gasteiger partial charge in [0, 0.05) is 29.5 Å². The second-order valence-electron chi connectivity index (χ2n) is 8.23. The fourth-order valence-electron chi connectivity index (χ4n) is 3.37. The minimum absolute atomic E-state index is 0.00601. The van der Waals surface area contributed by atoms with E-state index < -0.39 is 22.5 Å². The number of sulfone groups is 1. The van der Waals surface area contributed by atoms with Crippen molar-refractivity contribution in [3.05, 3.63) is 40.5 Å². The number of hydrogen-bond donors (Lipinski definition) is 2. The first kappa shape index (κ1) is 26.6. The number of thiazole rings is 1. The summed E-state index contributed by atoms with van der Waals surface area (Å²) in [6.45, 7) is 6.64. The molecule has 3 heterocycles. The van der Waals surface area contributed by atoms with E-state index in [0.717, 1.165) is 23.1 Å². The maximum atomic E-state index is 13.0. The molecule has 4 rings (SSSR count). The fraction of sp³-hybridized carbons (Fsp3) is 0.364. The molecule has 1 unspecified atom stereocenters. The van der Waals surface area contributed by atoms with E-state index in [2.05, 4.69) is 36.8 Å². The van der Waals surface area contributed by atoms with Gasteiger partial charge < -0.3 is 20.3 Å². The summed E-state index contributed by atoms with van der Waals surface area (Å²) in [6.07, 6.45) is 6.77. The Morgan fingerprint density at radius 3 is 2.69 bits per heavy atom. The highest BCUT2D eigenvalue weighted by Gasteiger charge is 2.24. The van der Waals surface area contributed by atoms with Crippen molar-refractivity contribution in [2.24, 2.45) is 0 Å². The normalized spacial score (nSPS) is 14.7. The van der Waals surface area contributed by atoms with Crippen LogP contribution in [0.15, 0.2) is 35.5 Å². The van der Waals surface area contributed by atoms with Crippen LogP contribution in [0.3, 0.4) is 0 Å². The zero-order chi connectivity index (χ0) is 25.9. The standard InChI is InChI=1S/C22H26ClN6O4PS2/c1-14(2)36(31,32)19-10-15(34(3)30)4-5-18(19)27-20-17(23)13-25-21(28-20)24-11-16-12-26-22(35-16)29-6-8-33-9-7-29/h4-5,10,12-14H,3,6-9,11H2,1-2H3,(H2,24,25,27,28). The number of rotatable bonds is 9. The van der Waals surface area contributed by atoms with Crippen LogP contribution in [-0.4, -0.2) is 61.2 Å². The van der Waals surface area contributed by atoms with Gasteiger partial charge in [0.2, 0.25) is 5.95 Å². The minimum atomic E-state index is -3.70. The van der Waals surface area contributed by atoms with Crippen molar-refractivity contribution in [2.75, 3.05) is 41.8 Å². The van der Waals surface area contributed by atoms with Crippen molar-refractivity contribution in [3.8, 4) is 0 Å². The number of hydrogen-bond acceptors (Lipinski definition) is 11. The van der Waals surface area contributed by atoms with Gasteiger partial charge in [0.05, 0.1) is 41.8 Å². The molecule has 3 aromatic rings. The maximum absolute atomic E-state index is 13.0. The molecule has 1 aromatic carbocycles. The van der Waals surface area contributed by atoms with Gasteiger partial charge in [-0.2, -0.15) is 4.98 Å². The molecule has 1 fully saturated rings. The molecule has 1 aliphatic heterocycles. The Hall–Kier alpha value is -2.50. The second kappa shape index (κ2) is 11.3. The van der Waals surface area contributed by atoms with Crippen LogP contribution in [0, 0.1) is 0 Å². The van der Waals surface area contributed by atoms with E-state index in [4.69, 9.17) is 16.3 Å². The van der Waals surface area contributed by atoms with Gasteiger partial charge >= 0.3 is 0 Å². The zero-order valence-electron chi connectivity index (χ0n) is 19.8. The first-order valence-corrected chi connectivity index (χ1v) is 15.3. The summed E-state index contributed by atoms with van der Waals surface area (Å²) >= 11 is 7.90. The summed E-state index contributed by atoms with van der Waals surface area (Å²) in [7, 11) is -5.66. The van der Waals surface area contributed by atoms with Gasteiger partial charge in [-0.25, -0.2) is 18.4 Å². The molecule has 2 aromatic heterocycles. The summed E-state index contributed by atoms with van der Waals surface area (Å²) in [5.41, 5.74) is 0.272. The molecule has 0 amide bonds. The Balaban J connectivity index is 1.54. The van der Waals surface area contributed by atoms with Crippen molar-refractivity contribution in [3.63, 3.8) is 0 Å². The van der Waals surface area contributed by atoms with Gasteiger partial charge in [0.1, 0.15) is 12.4 Å². The van der Waals surface area contributed by atoms with Crippen molar-refractivity contribution in [1.82, 2.24) is 15.0 Å². The number of aromatic nitrogens is 3. The molecule has 1 aliphatic rings. The van der Waals surface area contributed by atoms with Gasteiger partial charge in [-0.15, -0.1) is 11.3 Å². The molecule has 0 spiro atoms. The molecule has 10 nitrogen and oxygen atoms in total. The summed E-state index contributed by atoms with van der Waals surface area (Å²) < 4.78 is 43.3. The van der Waals surface area contributed by atoms with Crippen LogP contribution >= 0.6 is 30.4 Å². The Labute approximate surface area is 219 Å². The number of benzene rings is 1. The Morgan fingerprint density at radius 1 is 1.25 bits per heavy atom. The highest BCUT2D eigenvalue weighted by molar-refractivity contribution is 7.92. The number of nitrogens with one attached hydrogen (secondary N) is 2. The van der Waals surface area contributed by atoms with E-state index in [1.165, 1.54) is 12.3 Å². The molecular weight excluding hydrogens is 543 g/mol. The third-order valence-corrected chi connectivity index (χ3v) is 9.80. The number of anilines is 4. The number of nitrogens with zero attached hydrogens (tertiary/aromatic N) is 4. The quantitative estimate of drug-likeness (QED) is 0.367. The molecule has 14 heteroatoms.